The van der Waals surface area contributed by atoms with Crippen LogP contribution in [0.5, 0.6) is 0 Å². The first kappa shape index (κ1) is 19.7. The molecule has 0 rings (SSSR count). The molecule has 0 aliphatic heterocycles. The van der Waals surface area contributed by atoms with E-state index < -0.39 is 5.97 Å². The monoisotopic (exact) mass is 294 g/mol. The number of carbonyl (C=O) groups is 1. The smallest absolute Gasteiger partial charge is 0.303 e. The lowest BCUT2D eigenvalue weighted by molar-refractivity contribution is -0.137. The quantitative estimate of drug-likeness (QED) is 0.296. The van der Waals surface area contributed by atoms with E-state index in [0.29, 0.717) is 0 Å². The van der Waals surface area contributed by atoms with Crippen molar-refractivity contribution < 1.29 is 15.0 Å². The van der Waals surface area contributed by atoms with Crippen molar-refractivity contribution in [1.82, 2.24) is 0 Å². The zero-order valence-electron chi connectivity index (χ0n) is 13.2. The largest absolute Gasteiger partial charge is 0.481 e. The molecule has 0 amide bonds. The molecule has 0 saturated heterocycles. The van der Waals surface area contributed by atoms with E-state index >= 15 is 0 Å². The van der Waals surface area contributed by atoms with E-state index in [1.165, 1.54) is 0 Å². The van der Waals surface area contributed by atoms with Gasteiger partial charge in [-0.15, -0.1) is 0 Å². The van der Waals surface area contributed by atoms with Crippen molar-refractivity contribution in [3.8, 4) is 0 Å². The minimum Gasteiger partial charge on any atom is -0.481 e. The summed E-state index contributed by atoms with van der Waals surface area (Å²) in [5.41, 5.74) is 0. The lowest BCUT2D eigenvalue weighted by Crippen LogP contribution is -2.01. The molecule has 3 heteroatoms. The molecule has 2 N–H and O–H groups in total. The fourth-order valence-electron chi connectivity index (χ4n) is 1.95. The molecule has 0 unspecified atom stereocenters. The molecule has 3 nitrogen and oxygen atoms in total. The average Bonchev–Trinajstić information content (AvgIpc) is 2.45. The summed E-state index contributed by atoms with van der Waals surface area (Å²) >= 11 is 0. The van der Waals surface area contributed by atoms with Gasteiger partial charge in [0.05, 0.1) is 6.10 Å². The summed E-state index contributed by atoms with van der Waals surface area (Å²) in [6.07, 6.45) is 19.5. The Kier molecular flexibility index (Phi) is 14.1. The van der Waals surface area contributed by atoms with Crippen molar-refractivity contribution in [2.24, 2.45) is 0 Å². The van der Waals surface area contributed by atoms with Crippen LogP contribution in [-0.2, 0) is 4.79 Å². The van der Waals surface area contributed by atoms with Gasteiger partial charge in [0.15, 0.2) is 0 Å². The summed E-state index contributed by atoms with van der Waals surface area (Å²) in [6, 6.07) is 0. The fraction of sp³-hybridized carbons (Fsp3) is 0.611. The standard InChI is InChI=1S/C18H30O3/c1-2-3-4-5-6-8-11-14-17(19)15-12-9-7-10-13-16-18(20)21/h3-4,6,8,11,14,17,19H,2,5,7,9-10,12-13,15-16H2,1H3,(H,20,21)/b4-3-,8-6-,14-11+/t17-/m0/s1. The Morgan fingerprint density at radius 1 is 1.00 bits per heavy atom. The molecule has 120 valence electrons. The number of unbranched alkanes of at least 4 members (excludes halogenated alkanes) is 4. The lowest BCUT2D eigenvalue weighted by Gasteiger charge is -2.04. The second kappa shape index (κ2) is 15.0. The number of rotatable bonds is 13. The number of hydrogen-bond donors (Lipinski definition) is 2. The van der Waals surface area contributed by atoms with Gasteiger partial charge < -0.3 is 10.2 Å². The van der Waals surface area contributed by atoms with Gasteiger partial charge in [-0.25, -0.2) is 0 Å². The van der Waals surface area contributed by atoms with Gasteiger partial charge in [-0.2, -0.15) is 0 Å². The first-order valence-electron chi connectivity index (χ1n) is 8.05. The molecular formula is C18H30O3. The van der Waals surface area contributed by atoms with Crippen LogP contribution in [0.2, 0.25) is 0 Å². The highest BCUT2D eigenvalue weighted by molar-refractivity contribution is 5.66. The maximum absolute atomic E-state index is 10.3. The normalized spacial score (nSPS) is 13.6. The molecule has 0 aromatic carbocycles. The van der Waals surface area contributed by atoms with E-state index in [-0.39, 0.29) is 12.5 Å². The van der Waals surface area contributed by atoms with Crippen molar-refractivity contribution in [2.45, 2.75) is 70.8 Å². The van der Waals surface area contributed by atoms with Crippen LogP contribution in [0, 0.1) is 0 Å². The van der Waals surface area contributed by atoms with E-state index in [2.05, 4.69) is 25.2 Å². The molecule has 0 fully saturated rings. The third kappa shape index (κ3) is 16.6. The van der Waals surface area contributed by atoms with Crippen LogP contribution in [0.15, 0.2) is 36.5 Å². The van der Waals surface area contributed by atoms with Crippen molar-refractivity contribution in [3.05, 3.63) is 36.5 Å². The maximum atomic E-state index is 10.3. The van der Waals surface area contributed by atoms with Gasteiger partial charge >= 0.3 is 5.97 Å². The minimum absolute atomic E-state index is 0.269. The topological polar surface area (TPSA) is 57.5 Å². The van der Waals surface area contributed by atoms with Gasteiger partial charge in [0.1, 0.15) is 0 Å². The first-order valence-corrected chi connectivity index (χ1v) is 8.05. The Morgan fingerprint density at radius 3 is 2.43 bits per heavy atom. The molecule has 0 radical (unpaired) electrons. The van der Waals surface area contributed by atoms with Gasteiger partial charge in [-0.3, -0.25) is 4.79 Å². The van der Waals surface area contributed by atoms with Crippen LogP contribution in [0.25, 0.3) is 0 Å². The third-order valence-corrected chi connectivity index (χ3v) is 3.15. The molecule has 0 aromatic rings. The van der Waals surface area contributed by atoms with E-state index in [1.54, 1.807) is 0 Å². The summed E-state index contributed by atoms with van der Waals surface area (Å²) in [4.78, 5) is 10.3. The molecule has 0 aromatic heterocycles. The number of carboxylic acid groups (broad SMARTS) is 1. The van der Waals surface area contributed by atoms with E-state index in [9.17, 15) is 9.90 Å². The lowest BCUT2D eigenvalue weighted by atomic mass is 10.1. The van der Waals surface area contributed by atoms with Crippen LogP contribution >= 0.6 is 0 Å². The molecular weight excluding hydrogens is 264 g/mol. The van der Waals surface area contributed by atoms with Crippen LogP contribution in [0.1, 0.15) is 64.7 Å². The molecule has 1 atom stereocenters. The van der Waals surface area contributed by atoms with E-state index in [1.807, 2.05) is 18.2 Å². The zero-order chi connectivity index (χ0) is 15.8. The van der Waals surface area contributed by atoms with Crippen molar-refractivity contribution in [3.63, 3.8) is 0 Å². The van der Waals surface area contributed by atoms with Gasteiger partial charge in [-0.05, 0) is 25.7 Å². The van der Waals surface area contributed by atoms with Crippen LogP contribution in [0.3, 0.4) is 0 Å². The Labute approximate surface area is 129 Å². The van der Waals surface area contributed by atoms with Gasteiger partial charge in [-0.1, -0.05) is 69.1 Å². The highest BCUT2D eigenvalue weighted by atomic mass is 16.4. The Morgan fingerprint density at radius 2 is 1.71 bits per heavy atom. The maximum Gasteiger partial charge on any atom is 0.303 e. The van der Waals surface area contributed by atoms with Gasteiger partial charge in [0.2, 0.25) is 0 Å². The summed E-state index contributed by atoms with van der Waals surface area (Å²) in [5.74, 6) is -0.714. The first-order chi connectivity index (χ1) is 10.2. The molecule has 0 aliphatic carbocycles. The molecule has 21 heavy (non-hydrogen) atoms. The van der Waals surface area contributed by atoms with Crippen LogP contribution in [0.4, 0.5) is 0 Å². The molecule has 0 bridgehead atoms. The predicted octanol–water partition coefficient (Wildman–Crippen LogP) is 4.63. The average molecular weight is 294 g/mol. The Bertz CT molecular complexity index is 329. The SMILES string of the molecule is CC/C=C\C/C=C\C=C\[C@H](O)CCCCCCCC(=O)O. The fourth-order valence-corrected chi connectivity index (χ4v) is 1.95. The van der Waals surface area contributed by atoms with E-state index in [4.69, 9.17) is 5.11 Å². The number of carboxylic acids is 1. The number of aliphatic hydroxyl groups is 1. The van der Waals surface area contributed by atoms with E-state index in [0.717, 1.165) is 51.4 Å². The summed E-state index contributed by atoms with van der Waals surface area (Å²) < 4.78 is 0. The highest BCUT2D eigenvalue weighted by Crippen LogP contribution is 2.09. The highest BCUT2D eigenvalue weighted by Gasteiger charge is 1.99. The molecule has 0 aliphatic rings. The minimum atomic E-state index is -0.714. The second-order valence-corrected chi connectivity index (χ2v) is 5.20. The van der Waals surface area contributed by atoms with Crippen LogP contribution in [-0.4, -0.2) is 22.3 Å². The second-order valence-electron chi connectivity index (χ2n) is 5.20. The van der Waals surface area contributed by atoms with Crippen LogP contribution < -0.4 is 0 Å². The number of aliphatic hydroxyl groups excluding tert-OH is 1. The zero-order valence-corrected chi connectivity index (χ0v) is 13.2. The molecule has 0 heterocycles. The predicted molar refractivity (Wildman–Crippen MR) is 88.3 cm³/mol. The Balaban J connectivity index is 3.46. The van der Waals surface area contributed by atoms with Crippen molar-refractivity contribution in [2.75, 3.05) is 0 Å². The van der Waals surface area contributed by atoms with Gasteiger partial charge in [0.25, 0.3) is 0 Å². The summed E-state index contributed by atoms with van der Waals surface area (Å²) in [6.45, 7) is 2.11. The van der Waals surface area contributed by atoms with Gasteiger partial charge in [0, 0.05) is 6.42 Å². The van der Waals surface area contributed by atoms with Crippen molar-refractivity contribution in [1.29, 1.82) is 0 Å². The number of aliphatic carboxylic acids is 1. The summed E-state index contributed by atoms with van der Waals surface area (Å²) in [7, 11) is 0. The third-order valence-electron chi connectivity index (χ3n) is 3.15. The molecule has 0 saturated carbocycles. The number of allylic oxidation sites excluding steroid dienone is 5. The van der Waals surface area contributed by atoms with Crippen molar-refractivity contribution >= 4 is 5.97 Å². The summed E-state index contributed by atoms with van der Waals surface area (Å²) in [5, 5.41) is 18.3. The number of hydrogen-bond acceptors (Lipinski definition) is 2. The Hall–Kier alpha value is -1.35. The molecule has 0 spiro atoms.